The van der Waals surface area contributed by atoms with Gasteiger partial charge in [0.25, 0.3) is 0 Å². The Labute approximate surface area is 131 Å². The molecule has 2 nitrogen and oxygen atoms in total. The molecule has 1 aromatic carbocycles. The monoisotopic (exact) mass is 308 g/mol. The first-order chi connectivity index (χ1) is 8.97. The maximum atomic E-state index is 4.61. The molecule has 0 atom stereocenters. The van der Waals surface area contributed by atoms with Crippen molar-refractivity contribution in [2.45, 2.75) is 33.1 Å². The fraction of sp³-hybridized carbons (Fsp3) is 0.294. The summed E-state index contributed by atoms with van der Waals surface area (Å²) in [7, 11) is 0. The van der Waals surface area contributed by atoms with E-state index in [9.17, 15) is 0 Å². The Kier molecular flexibility index (Phi) is 5.67. The van der Waals surface area contributed by atoms with E-state index in [-0.39, 0.29) is 22.5 Å². The van der Waals surface area contributed by atoms with Crippen LogP contribution >= 0.6 is 0 Å². The van der Waals surface area contributed by atoms with E-state index in [2.05, 4.69) is 55.0 Å². The van der Waals surface area contributed by atoms with Crippen LogP contribution in [0.15, 0.2) is 53.7 Å². The third kappa shape index (κ3) is 4.29. The quantitative estimate of drug-likeness (QED) is 0.591. The summed E-state index contributed by atoms with van der Waals surface area (Å²) < 4.78 is 0. The van der Waals surface area contributed by atoms with Crippen molar-refractivity contribution in [3.8, 4) is 0 Å². The van der Waals surface area contributed by atoms with Crippen LogP contribution in [-0.4, -0.2) is 10.7 Å². The van der Waals surface area contributed by atoms with Crippen LogP contribution in [0.3, 0.4) is 0 Å². The van der Waals surface area contributed by atoms with Gasteiger partial charge in [-0.2, -0.15) is 0 Å². The minimum Gasteiger partial charge on any atom is -0.255 e. The molecular weight excluding hydrogens is 288 g/mol. The van der Waals surface area contributed by atoms with E-state index in [0.29, 0.717) is 0 Å². The van der Waals surface area contributed by atoms with Gasteiger partial charge in [0.2, 0.25) is 0 Å². The zero-order valence-corrected chi connectivity index (χ0v) is 13.5. The molecule has 1 aromatic heterocycles. The largest absolute Gasteiger partial charge is 0.255 e. The molecule has 1 heterocycles. The molecule has 20 heavy (non-hydrogen) atoms. The maximum Gasteiger partial charge on any atom is 0.0841 e. The Morgan fingerprint density at radius 3 is 2.15 bits per heavy atom. The van der Waals surface area contributed by atoms with Gasteiger partial charge in [0, 0.05) is 23.3 Å². The molecule has 0 unspecified atom stereocenters. The predicted octanol–water partition coefficient (Wildman–Crippen LogP) is 4.52. The second-order valence-corrected chi connectivity index (χ2v) is 5.71. The molecule has 0 saturated carbocycles. The summed E-state index contributed by atoms with van der Waals surface area (Å²) in [6.07, 6.45) is 1.79. The van der Waals surface area contributed by atoms with E-state index >= 15 is 0 Å². The van der Waals surface area contributed by atoms with E-state index in [1.807, 2.05) is 25.1 Å². The van der Waals surface area contributed by atoms with Crippen molar-refractivity contribution in [2.24, 2.45) is 4.99 Å². The van der Waals surface area contributed by atoms with Crippen molar-refractivity contribution >= 4 is 11.4 Å². The standard InChI is InChI=1S/C17H20N2.Fe/c1-13(16-7-5-6-12-18-16)19-15-10-8-14(9-11-15)17(2,3)4;/h5-12H,1-4H3;. The maximum absolute atomic E-state index is 4.61. The van der Waals surface area contributed by atoms with Crippen LogP contribution < -0.4 is 0 Å². The second kappa shape index (κ2) is 6.83. The van der Waals surface area contributed by atoms with Gasteiger partial charge in [-0.1, -0.05) is 39.0 Å². The molecule has 0 spiro atoms. The molecule has 106 valence electrons. The molecule has 0 N–H and O–H groups in total. The van der Waals surface area contributed by atoms with Crippen molar-refractivity contribution < 1.29 is 17.1 Å². The van der Waals surface area contributed by atoms with Gasteiger partial charge in [-0.3, -0.25) is 9.98 Å². The van der Waals surface area contributed by atoms with Crippen LogP contribution in [0.2, 0.25) is 0 Å². The second-order valence-electron chi connectivity index (χ2n) is 5.71. The molecule has 2 aromatic rings. The van der Waals surface area contributed by atoms with Crippen molar-refractivity contribution in [3.05, 3.63) is 59.9 Å². The van der Waals surface area contributed by atoms with Gasteiger partial charge in [0.15, 0.2) is 0 Å². The SMILES string of the molecule is CC(=Nc1ccc(C(C)(C)C)cc1)c1ccccn1.[Fe]. The number of rotatable bonds is 2. The number of benzene rings is 1. The molecule has 2 rings (SSSR count). The summed E-state index contributed by atoms with van der Waals surface area (Å²) in [5, 5.41) is 0. The molecule has 0 bridgehead atoms. The Hall–Kier alpha value is -1.44. The number of aromatic nitrogens is 1. The fourth-order valence-electron chi connectivity index (χ4n) is 1.86. The Balaban J connectivity index is 0.00000200. The van der Waals surface area contributed by atoms with E-state index in [1.54, 1.807) is 6.20 Å². The van der Waals surface area contributed by atoms with Gasteiger partial charge >= 0.3 is 0 Å². The zero-order chi connectivity index (χ0) is 13.9. The van der Waals surface area contributed by atoms with Crippen LogP contribution in [0, 0.1) is 0 Å². The number of hydrogen-bond donors (Lipinski definition) is 0. The first kappa shape index (κ1) is 16.6. The average Bonchev–Trinajstić information content (AvgIpc) is 2.39. The Bertz CT molecular complexity index is 566. The predicted molar refractivity (Wildman–Crippen MR) is 81.3 cm³/mol. The van der Waals surface area contributed by atoms with Crippen LogP contribution in [0.4, 0.5) is 5.69 Å². The van der Waals surface area contributed by atoms with Crippen LogP contribution in [0.5, 0.6) is 0 Å². The van der Waals surface area contributed by atoms with Crippen molar-refractivity contribution in [2.75, 3.05) is 0 Å². The molecule has 0 radical (unpaired) electrons. The van der Waals surface area contributed by atoms with Crippen molar-refractivity contribution in [1.29, 1.82) is 0 Å². The molecular formula is C17H20FeN2. The van der Waals surface area contributed by atoms with Gasteiger partial charge < -0.3 is 0 Å². The van der Waals surface area contributed by atoms with Crippen LogP contribution in [0.1, 0.15) is 39.0 Å². The molecule has 0 aliphatic carbocycles. The van der Waals surface area contributed by atoms with E-state index < -0.39 is 0 Å². The van der Waals surface area contributed by atoms with Gasteiger partial charge in [-0.25, -0.2) is 0 Å². The number of aliphatic imine (C=N–C) groups is 1. The van der Waals surface area contributed by atoms with Gasteiger partial charge in [0.1, 0.15) is 0 Å². The molecule has 0 aliphatic rings. The average molecular weight is 308 g/mol. The molecule has 0 fully saturated rings. The summed E-state index contributed by atoms with van der Waals surface area (Å²) >= 11 is 0. The number of nitrogens with zero attached hydrogens (tertiary/aromatic N) is 2. The molecule has 0 aliphatic heterocycles. The summed E-state index contributed by atoms with van der Waals surface area (Å²) in [6, 6.07) is 14.3. The summed E-state index contributed by atoms with van der Waals surface area (Å²) in [5.74, 6) is 0. The number of pyridine rings is 1. The van der Waals surface area contributed by atoms with Gasteiger partial charge in [-0.05, 0) is 42.2 Å². The smallest absolute Gasteiger partial charge is 0.0841 e. The van der Waals surface area contributed by atoms with E-state index in [0.717, 1.165) is 17.1 Å². The van der Waals surface area contributed by atoms with E-state index in [1.165, 1.54) is 5.56 Å². The molecule has 3 heteroatoms. The number of hydrogen-bond acceptors (Lipinski definition) is 2. The normalized spacial score (nSPS) is 11.9. The summed E-state index contributed by atoms with van der Waals surface area (Å²) in [5.41, 5.74) is 4.32. The third-order valence-electron chi connectivity index (χ3n) is 3.07. The Morgan fingerprint density at radius 1 is 1.00 bits per heavy atom. The third-order valence-corrected chi connectivity index (χ3v) is 3.07. The van der Waals surface area contributed by atoms with Gasteiger partial charge in [-0.15, -0.1) is 0 Å². The fourth-order valence-corrected chi connectivity index (χ4v) is 1.86. The first-order valence-corrected chi connectivity index (χ1v) is 6.54. The Morgan fingerprint density at radius 2 is 1.65 bits per heavy atom. The minimum absolute atomic E-state index is 0. The van der Waals surface area contributed by atoms with Crippen LogP contribution in [0.25, 0.3) is 0 Å². The van der Waals surface area contributed by atoms with Crippen molar-refractivity contribution in [1.82, 2.24) is 4.98 Å². The minimum atomic E-state index is 0. The first-order valence-electron chi connectivity index (χ1n) is 6.54. The molecule has 0 amide bonds. The zero-order valence-electron chi connectivity index (χ0n) is 12.4. The molecule has 0 saturated heterocycles. The van der Waals surface area contributed by atoms with Crippen molar-refractivity contribution in [3.63, 3.8) is 0 Å². The topological polar surface area (TPSA) is 25.2 Å². The van der Waals surface area contributed by atoms with Gasteiger partial charge in [0.05, 0.1) is 17.1 Å². The summed E-state index contributed by atoms with van der Waals surface area (Å²) in [4.78, 5) is 8.91. The van der Waals surface area contributed by atoms with Crippen LogP contribution in [-0.2, 0) is 22.5 Å². The summed E-state index contributed by atoms with van der Waals surface area (Å²) in [6.45, 7) is 8.62. The van der Waals surface area contributed by atoms with E-state index in [4.69, 9.17) is 0 Å².